The van der Waals surface area contributed by atoms with Crippen LogP contribution in [0.5, 0.6) is 0 Å². The van der Waals surface area contributed by atoms with Crippen molar-refractivity contribution in [2.24, 2.45) is 7.05 Å². The van der Waals surface area contributed by atoms with Gasteiger partial charge in [-0.3, -0.25) is 14.3 Å². The fourth-order valence-corrected chi connectivity index (χ4v) is 3.87. The van der Waals surface area contributed by atoms with E-state index in [1.165, 1.54) is 4.68 Å². The summed E-state index contributed by atoms with van der Waals surface area (Å²) in [6, 6.07) is 7.38. The lowest BCUT2D eigenvalue weighted by Crippen LogP contribution is -2.33. The summed E-state index contributed by atoms with van der Waals surface area (Å²) < 4.78 is 3.01. The summed E-state index contributed by atoms with van der Waals surface area (Å²) in [5, 5.41) is 13.6. The van der Waals surface area contributed by atoms with Crippen molar-refractivity contribution in [2.45, 2.75) is 25.8 Å². The molecule has 1 aliphatic rings. The maximum Gasteiger partial charge on any atom is 0.269 e. The first-order valence-electron chi connectivity index (χ1n) is 8.58. The van der Waals surface area contributed by atoms with Gasteiger partial charge in [-0.05, 0) is 42.3 Å². The van der Waals surface area contributed by atoms with Gasteiger partial charge >= 0.3 is 0 Å². The molecule has 134 valence electrons. The van der Waals surface area contributed by atoms with Crippen molar-refractivity contribution in [3.8, 4) is 10.6 Å². The highest BCUT2D eigenvalue weighted by Gasteiger charge is 2.16. The average molecular weight is 369 g/mol. The molecule has 3 aromatic heterocycles. The molecular weight excluding hydrogens is 350 g/mol. The Morgan fingerprint density at radius 2 is 2.19 bits per heavy atom. The second-order valence-corrected chi connectivity index (χ2v) is 7.25. The number of nitrogens with zero attached hydrogens (tertiary/aromatic N) is 4. The quantitative estimate of drug-likeness (QED) is 0.741. The fraction of sp³-hybridized carbons (Fsp3) is 0.333. The summed E-state index contributed by atoms with van der Waals surface area (Å²) in [4.78, 5) is 25.5. The number of rotatable bonds is 5. The van der Waals surface area contributed by atoms with Crippen LogP contribution in [0.1, 0.15) is 28.2 Å². The highest BCUT2D eigenvalue weighted by molar-refractivity contribution is 7.13. The molecule has 0 aromatic carbocycles. The van der Waals surface area contributed by atoms with Crippen LogP contribution < -0.4 is 10.9 Å². The van der Waals surface area contributed by atoms with E-state index in [1.54, 1.807) is 35.2 Å². The van der Waals surface area contributed by atoms with Crippen molar-refractivity contribution in [2.75, 3.05) is 6.54 Å². The number of thiophene rings is 1. The Bertz CT molecular complexity index is 1000. The van der Waals surface area contributed by atoms with E-state index < -0.39 is 0 Å². The number of aryl methyl sites for hydroxylation is 3. The van der Waals surface area contributed by atoms with Gasteiger partial charge in [0.25, 0.3) is 11.5 Å². The Hall–Kier alpha value is -2.74. The van der Waals surface area contributed by atoms with Crippen LogP contribution in [-0.2, 0) is 26.4 Å². The van der Waals surface area contributed by atoms with Gasteiger partial charge in [-0.25, -0.2) is 4.68 Å². The molecule has 0 saturated carbocycles. The van der Waals surface area contributed by atoms with Gasteiger partial charge in [0.15, 0.2) is 0 Å². The zero-order chi connectivity index (χ0) is 18.1. The summed E-state index contributed by atoms with van der Waals surface area (Å²) in [7, 11) is 1.75. The van der Waals surface area contributed by atoms with Crippen molar-refractivity contribution in [1.29, 1.82) is 0 Å². The monoisotopic (exact) mass is 369 g/mol. The number of hydrogen-bond donors (Lipinski definition) is 1. The average Bonchev–Trinajstić information content (AvgIpc) is 3.34. The van der Waals surface area contributed by atoms with Gasteiger partial charge in [0.05, 0.1) is 17.1 Å². The lowest BCUT2D eigenvalue weighted by molar-refractivity contribution is 0.0942. The lowest BCUT2D eigenvalue weighted by atomic mass is 10.2. The van der Waals surface area contributed by atoms with E-state index in [4.69, 9.17) is 0 Å². The number of carbonyl (C=O) groups excluding carboxylic acids is 1. The van der Waals surface area contributed by atoms with Gasteiger partial charge < -0.3 is 5.32 Å². The van der Waals surface area contributed by atoms with Gasteiger partial charge in [0, 0.05) is 19.7 Å². The summed E-state index contributed by atoms with van der Waals surface area (Å²) in [6.07, 6.45) is 2.90. The Labute approximate surface area is 154 Å². The van der Waals surface area contributed by atoms with Crippen molar-refractivity contribution in [3.63, 3.8) is 0 Å². The minimum Gasteiger partial charge on any atom is -0.349 e. The van der Waals surface area contributed by atoms with E-state index in [1.807, 2.05) is 17.5 Å². The molecule has 1 amide bonds. The smallest absolute Gasteiger partial charge is 0.269 e. The third-order valence-corrected chi connectivity index (χ3v) is 5.41. The Kier molecular flexibility index (Phi) is 4.42. The molecule has 4 rings (SSSR count). The van der Waals surface area contributed by atoms with Gasteiger partial charge in [0.2, 0.25) is 0 Å². The Morgan fingerprint density at radius 3 is 3.00 bits per heavy atom. The van der Waals surface area contributed by atoms with Gasteiger partial charge in [-0.2, -0.15) is 10.2 Å². The molecule has 1 aliphatic carbocycles. The highest BCUT2D eigenvalue weighted by atomic mass is 32.1. The molecule has 3 heterocycles. The largest absolute Gasteiger partial charge is 0.349 e. The van der Waals surface area contributed by atoms with E-state index >= 15 is 0 Å². The first-order chi connectivity index (χ1) is 12.6. The first-order valence-corrected chi connectivity index (χ1v) is 9.46. The molecule has 8 heteroatoms. The zero-order valence-electron chi connectivity index (χ0n) is 14.4. The maximum absolute atomic E-state index is 12.4. The van der Waals surface area contributed by atoms with Crippen LogP contribution in [0, 0.1) is 0 Å². The highest BCUT2D eigenvalue weighted by Crippen LogP contribution is 2.23. The van der Waals surface area contributed by atoms with E-state index in [-0.39, 0.29) is 11.5 Å². The Balaban J connectivity index is 1.41. The molecule has 0 unspecified atom stereocenters. The minimum atomic E-state index is -0.211. The molecule has 26 heavy (non-hydrogen) atoms. The number of nitrogens with one attached hydrogen (secondary N) is 1. The maximum atomic E-state index is 12.4. The summed E-state index contributed by atoms with van der Waals surface area (Å²) in [6.45, 7) is 0.692. The van der Waals surface area contributed by atoms with Crippen LogP contribution in [0.15, 0.2) is 34.4 Å². The van der Waals surface area contributed by atoms with Crippen LogP contribution in [0.25, 0.3) is 10.6 Å². The number of amides is 1. The minimum absolute atomic E-state index is 0.111. The van der Waals surface area contributed by atoms with Crippen LogP contribution in [-0.4, -0.2) is 32.0 Å². The predicted molar refractivity (Wildman–Crippen MR) is 99.4 cm³/mol. The Morgan fingerprint density at radius 1 is 1.31 bits per heavy atom. The topological polar surface area (TPSA) is 81.8 Å². The second kappa shape index (κ2) is 6.87. The molecule has 0 bridgehead atoms. The lowest BCUT2D eigenvalue weighted by Gasteiger charge is -2.08. The number of hydrogen-bond acceptors (Lipinski definition) is 5. The standard InChI is InChI=1S/C18H19N5O2S/c1-22-15(11-14(20-22)16-6-3-9-26-16)18(25)19-7-8-23-17(24)10-12-4-2-5-13(12)21-23/h3,6,9-11H,2,4-5,7-8H2,1H3,(H,19,25). The third-order valence-electron chi connectivity index (χ3n) is 4.52. The zero-order valence-corrected chi connectivity index (χ0v) is 15.3. The number of carbonyl (C=O) groups is 1. The van der Waals surface area contributed by atoms with Gasteiger partial charge in [0.1, 0.15) is 11.4 Å². The van der Waals surface area contributed by atoms with Crippen LogP contribution in [0.4, 0.5) is 0 Å². The molecule has 0 spiro atoms. The molecule has 0 atom stereocenters. The van der Waals surface area contributed by atoms with Crippen molar-refractivity contribution in [3.05, 3.63) is 57.0 Å². The van der Waals surface area contributed by atoms with Gasteiger partial charge in [-0.15, -0.1) is 11.3 Å². The molecule has 1 N–H and O–H groups in total. The second-order valence-electron chi connectivity index (χ2n) is 6.30. The predicted octanol–water partition coefficient (Wildman–Crippen LogP) is 1.62. The molecule has 0 saturated heterocycles. The van der Waals surface area contributed by atoms with E-state index in [0.717, 1.165) is 41.1 Å². The molecule has 0 radical (unpaired) electrons. The van der Waals surface area contributed by atoms with Crippen LogP contribution >= 0.6 is 11.3 Å². The third kappa shape index (κ3) is 3.20. The van der Waals surface area contributed by atoms with Crippen LogP contribution in [0.3, 0.4) is 0 Å². The van der Waals surface area contributed by atoms with Crippen molar-refractivity contribution < 1.29 is 4.79 Å². The van der Waals surface area contributed by atoms with E-state index in [2.05, 4.69) is 15.5 Å². The van der Waals surface area contributed by atoms with Crippen molar-refractivity contribution in [1.82, 2.24) is 24.9 Å². The van der Waals surface area contributed by atoms with Gasteiger partial charge in [-0.1, -0.05) is 6.07 Å². The molecule has 7 nitrogen and oxygen atoms in total. The normalized spacial score (nSPS) is 13.0. The number of fused-ring (bicyclic) bond motifs is 1. The fourth-order valence-electron chi connectivity index (χ4n) is 3.19. The van der Waals surface area contributed by atoms with E-state index in [0.29, 0.717) is 18.8 Å². The molecule has 0 aliphatic heterocycles. The molecular formula is C18H19N5O2S. The number of aromatic nitrogens is 4. The van der Waals surface area contributed by atoms with Crippen LogP contribution in [0.2, 0.25) is 0 Å². The first kappa shape index (κ1) is 16.7. The summed E-state index contributed by atoms with van der Waals surface area (Å²) >= 11 is 1.58. The SMILES string of the molecule is Cn1nc(-c2cccs2)cc1C(=O)NCCn1nc2c(cc1=O)CCC2. The molecule has 3 aromatic rings. The van der Waals surface area contributed by atoms with Crippen molar-refractivity contribution >= 4 is 17.2 Å². The van der Waals surface area contributed by atoms with E-state index in [9.17, 15) is 9.59 Å². The molecule has 0 fully saturated rings. The summed E-state index contributed by atoms with van der Waals surface area (Å²) in [5.41, 5.74) is 3.22. The summed E-state index contributed by atoms with van der Waals surface area (Å²) in [5.74, 6) is -0.211.